The van der Waals surface area contributed by atoms with Crippen LogP contribution in [0.1, 0.15) is 19.1 Å². The molecule has 2 N–H and O–H groups in total. The second-order valence-corrected chi connectivity index (χ2v) is 10.8. The number of nitrogens with one attached hydrogen (secondary N) is 1. The minimum atomic E-state index is -4.46. The van der Waals surface area contributed by atoms with Gasteiger partial charge in [0, 0.05) is 31.6 Å². The number of aliphatic hydroxyl groups is 1. The molecule has 3 rings (SSSR count). The third-order valence-electron chi connectivity index (χ3n) is 4.70. The van der Waals surface area contributed by atoms with Crippen LogP contribution in [-0.2, 0) is 18.3 Å². The summed E-state index contributed by atoms with van der Waals surface area (Å²) in [6.45, 7) is 0.188. The average molecular weight is 547 g/mol. The number of ether oxygens (including phenoxy) is 1. The first-order chi connectivity index (χ1) is 16.0. The van der Waals surface area contributed by atoms with Crippen molar-refractivity contribution < 1.29 is 41.5 Å². The van der Waals surface area contributed by atoms with Crippen LogP contribution in [0.5, 0.6) is 0 Å². The summed E-state index contributed by atoms with van der Waals surface area (Å²) in [5.74, 6) is 0.858. The average Bonchev–Trinajstić information content (AvgIpc) is 3.34. The molecular formula is C17H24F3N5O6PS2-. The minimum Gasteiger partial charge on any atom is -0.756 e. The molecule has 0 spiro atoms. The van der Waals surface area contributed by atoms with Gasteiger partial charge in [0.05, 0.1) is 25.5 Å². The number of halogens is 3. The maximum absolute atomic E-state index is 12.6. The van der Waals surface area contributed by atoms with Gasteiger partial charge in [-0.1, -0.05) is 11.8 Å². The molecule has 11 nitrogen and oxygen atoms in total. The summed E-state index contributed by atoms with van der Waals surface area (Å²) in [6.07, 6.45) is -4.66. The molecule has 1 fully saturated rings. The van der Waals surface area contributed by atoms with E-state index in [-0.39, 0.29) is 29.6 Å². The number of fused-ring (bicyclic) bond motifs is 1. The quantitative estimate of drug-likeness (QED) is 0.175. The molecule has 1 aliphatic heterocycles. The highest BCUT2D eigenvalue weighted by Crippen LogP contribution is 2.39. The van der Waals surface area contributed by atoms with E-state index < -0.39 is 38.9 Å². The first kappa shape index (κ1) is 27.5. The molecule has 4 atom stereocenters. The number of nitrogens with zero attached hydrogens (tertiary/aromatic N) is 4. The molecule has 34 heavy (non-hydrogen) atoms. The molecule has 2 aromatic heterocycles. The zero-order valence-corrected chi connectivity index (χ0v) is 20.8. The zero-order chi connectivity index (χ0) is 24.9. The lowest BCUT2D eigenvalue weighted by atomic mass is 10.2. The van der Waals surface area contributed by atoms with Crippen molar-refractivity contribution in [1.29, 1.82) is 0 Å². The lowest BCUT2D eigenvalue weighted by molar-refractivity contribution is -0.225. The van der Waals surface area contributed by atoms with Crippen molar-refractivity contribution in [1.82, 2.24) is 19.5 Å². The minimum absolute atomic E-state index is 0.0746. The van der Waals surface area contributed by atoms with Gasteiger partial charge in [0.1, 0.15) is 6.10 Å². The molecule has 192 valence electrons. The number of imidazole rings is 1. The van der Waals surface area contributed by atoms with E-state index in [1.807, 2.05) is 6.26 Å². The zero-order valence-electron chi connectivity index (χ0n) is 18.2. The molecule has 1 aliphatic rings. The molecule has 0 saturated carbocycles. The number of rotatable bonds is 12. The standard InChI is InChI=1S/C17H25F3N5O6PS2/c1-29-32(27,28)30-8-10-7-11(26)15(31-10)25-9-22-12-13(21-4-6-33-2)23-16(24-14(12)25)34-5-3-17(18,19)20/h9-11,15,26H,3-8H2,1-2H3,(H,27,28)(H,21,23,24)/p-1/t10-,11+,15+/m0/s1. The molecular weight excluding hydrogens is 522 g/mol. The van der Waals surface area contributed by atoms with Gasteiger partial charge in [0.2, 0.25) is 0 Å². The van der Waals surface area contributed by atoms with Crippen LogP contribution in [0.3, 0.4) is 0 Å². The van der Waals surface area contributed by atoms with Crippen LogP contribution in [0.25, 0.3) is 11.2 Å². The first-order valence-corrected chi connectivity index (χ1v) is 13.9. The van der Waals surface area contributed by atoms with E-state index in [4.69, 9.17) is 9.26 Å². The van der Waals surface area contributed by atoms with E-state index in [1.165, 1.54) is 10.9 Å². The van der Waals surface area contributed by atoms with Gasteiger partial charge in [-0.2, -0.15) is 24.9 Å². The maximum atomic E-state index is 12.6. The molecule has 0 bridgehead atoms. The van der Waals surface area contributed by atoms with Crippen LogP contribution in [0.15, 0.2) is 11.5 Å². The van der Waals surface area contributed by atoms with Crippen LogP contribution in [-0.4, -0.2) is 81.0 Å². The molecule has 1 saturated heterocycles. The summed E-state index contributed by atoms with van der Waals surface area (Å²) in [5.41, 5.74) is 0.619. The largest absolute Gasteiger partial charge is 0.756 e. The maximum Gasteiger partial charge on any atom is 0.389 e. The first-order valence-electron chi connectivity index (χ1n) is 10.0. The van der Waals surface area contributed by atoms with Gasteiger partial charge in [0.25, 0.3) is 7.82 Å². The summed E-state index contributed by atoms with van der Waals surface area (Å²) in [5, 5.41) is 13.8. The monoisotopic (exact) mass is 546 g/mol. The van der Waals surface area contributed by atoms with Crippen molar-refractivity contribution >= 4 is 48.3 Å². The Kier molecular flexibility index (Phi) is 9.48. The summed E-state index contributed by atoms with van der Waals surface area (Å²) < 4.78 is 65.3. The SMILES string of the molecule is COP(=O)([O-])OC[C@@H]1C[C@@H](O)[C@H](n2cnc3c(NCCSC)nc(SCCC(F)(F)F)nc32)O1. The topological polar surface area (TPSA) is 144 Å². The van der Waals surface area contributed by atoms with Crippen molar-refractivity contribution in [3.8, 4) is 0 Å². The van der Waals surface area contributed by atoms with E-state index in [1.54, 1.807) is 11.8 Å². The van der Waals surface area contributed by atoms with Crippen LogP contribution >= 0.6 is 31.3 Å². The van der Waals surface area contributed by atoms with Crippen molar-refractivity contribution in [3.05, 3.63) is 6.33 Å². The van der Waals surface area contributed by atoms with Crippen LogP contribution in [0.2, 0.25) is 0 Å². The molecule has 1 unspecified atom stereocenters. The normalized spacial score (nSPS) is 22.9. The Balaban J connectivity index is 1.83. The van der Waals surface area contributed by atoms with E-state index in [9.17, 15) is 27.7 Å². The van der Waals surface area contributed by atoms with E-state index >= 15 is 0 Å². The molecule has 0 aliphatic carbocycles. The third kappa shape index (κ3) is 7.43. The van der Waals surface area contributed by atoms with E-state index in [0.29, 0.717) is 17.9 Å². The fourth-order valence-corrected chi connectivity index (χ4v) is 4.70. The summed E-state index contributed by atoms with van der Waals surface area (Å²) in [7, 11) is -3.49. The summed E-state index contributed by atoms with van der Waals surface area (Å²) >= 11 is 2.46. The number of anilines is 1. The Morgan fingerprint density at radius 1 is 1.41 bits per heavy atom. The number of phosphoric acid groups is 1. The Bertz CT molecular complexity index is 1020. The number of phosphoric ester groups is 1. The fraction of sp³-hybridized carbons (Fsp3) is 0.706. The van der Waals surface area contributed by atoms with Crippen molar-refractivity contribution in [3.63, 3.8) is 0 Å². The van der Waals surface area contributed by atoms with Crippen molar-refractivity contribution in [2.24, 2.45) is 0 Å². The van der Waals surface area contributed by atoms with Crippen LogP contribution in [0, 0.1) is 0 Å². The van der Waals surface area contributed by atoms with Gasteiger partial charge in [-0.25, -0.2) is 15.0 Å². The Hall–Kier alpha value is -1.13. The highest BCUT2D eigenvalue weighted by atomic mass is 32.2. The van der Waals surface area contributed by atoms with Gasteiger partial charge in [0.15, 0.2) is 28.4 Å². The predicted molar refractivity (Wildman–Crippen MR) is 119 cm³/mol. The summed E-state index contributed by atoms with van der Waals surface area (Å²) in [4.78, 5) is 24.4. The van der Waals surface area contributed by atoms with E-state index in [0.717, 1.165) is 24.6 Å². The van der Waals surface area contributed by atoms with E-state index in [2.05, 4.69) is 24.8 Å². The lowest BCUT2D eigenvalue weighted by Crippen LogP contribution is -2.20. The number of alkyl halides is 3. The second kappa shape index (κ2) is 11.7. The number of hydrogen-bond acceptors (Lipinski definition) is 12. The molecule has 0 aromatic carbocycles. The highest BCUT2D eigenvalue weighted by Gasteiger charge is 2.37. The molecule has 17 heteroatoms. The summed E-state index contributed by atoms with van der Waals surface area (Å²) in [6, 6.07) is 0. The second-order valence-electron chi connectivity index (χ2n) is 7.19. The van der Waals surface area contributed by atoms with Gasteiger partial charge in [-0.15, -0.1) is 0 Å². The van der Waals surface area contributed by atoms with Crippen molar-refractivity contribution in [2.45, 2.75) is 42.6 Å². The number of hydrogen-bond donors (Lipinski definition) is 2. The smallest absolute Gasteiger partial charge is 0.389 e. The molecule has 0 radical (unpaired) electrons. The molecule has 2 aromatic rings. The number of aromatic nitrogens is 4. The molecule has 3 heterocycles. The van der Waals surface area contributed by atoms with Crippen LogP contribution in [0.4, 0.5) is 19.0 Å². The van der Waals surface area contributed by atoms with Crippen LogP contribution < -0.4 is 10.2 Å². The highest BCUT2D eigenvalue weighted by molar-refractivity contribution is 7.99. The predicted octanol–water partition coefficient (Wildman–Crippen LogP) is 2.43. The third-order valence-corrected chi connectivity index (χ3v) is 7.07. The Labute approximate surface area is 201 Å². The Morgan fingerprint density at radius 3 is 2.85 bits per heavy atom. The fourth-order valence-electron chi connectivity index (χ4n) is 3.11. The van der Waals surface area contributed by atoms with Gasteiger partial charge in [-0.3, -0.25) is 9.13 Å². The van der Waals surface area contributed by atoms with Gasteiger partial charge >= 0.3 is 6.18 Å². The number of thioether (sulfide) groups is 2. The van der Waals surface area contributed by atoms with Crippen molar-refractivity contribution in [2.75, 3.05) is 43.3 Å². The Morgan fingerprint density at radius 2 is 2.18 bits per heavy atom. The lowest BCUT2D eigenvalue weighted by Gasteiger charge is -2.22. The van der Waals surface area contributed by atoms with Gasteiger partial charge in [-0.05, 0) is 6.26 Å². The molecule has 0 amide bonds. The van der Waals surface area contributed by atoms with Gasteiger partial charge < -0.3 is 29.1 Å². The number of aliphatic hydroxyl groups excluding tert-OH is 1.